The fourth-order valence-electron chi connectivity index (χ4n) is 1.31. The lowest BCUT2D eigenvalue weighted by Gasteiger charge is -2.07. The second-order valence-corrected chi connectivity index (χ2v) is 3.56. The van der Waals surface area contributed by atoms with Crippen LogP contribution in [0.5, 0.6) is 0 Å². The minimum absolute atomic E-state index is 0.0857. The summed E-state index contributed by atoms with van der Waals surface area (Å²) >= 11 is 0. The molecule has 0 fully saturated rings. The van der Waals surface area contributed by atoms with Crippen LogP contribution in [0.4, 0.5) is 0 Å². The van der Waals surface area contributed by atoms with Crippen molar-refractivity contribution in [1.82, 2.24) is 20.3 Å². The van der Waals surface area contributed by atoms with Crippen LogP contribution >= 0.6 is 0 Å². The smallest absolute Gasteiger partial charge is 0.0965 e. The Labute approximate surface area is 95.9 Å². The zero-order valence-corrected chi connectivity index (χ0v) is 9.56. The fraction of sp³-hybridized carbons (Fsp3) is 0.636. The lowest BCUT2D eigenvalue weighted by atomic mass is 10.2. The van der Waals surface area contributed by atoms with Crippen LogP contribution in [0.1, 0.15) is 25.5 Å². The Balaban J connectivity index is 2.37. The Morgan fingerprint density at radius 3 is 3.12 bits per heavy atom. The van der Waals surface area contributed by atoms with E-state index in [9.17, 15) is 0 Å². The van der Waals surface area contributed by atoms with Gasteiger partial charge in [0, 0.05) is 25.9 Å². The number of aliphatic hydroxyl groups excluding tert-OH is 1. The van der Waals surface area contributed by atoms with E-state index in [1.165, 1.54) is 0 Å². The molecular weight excluding hydrogens is 204 g/mol. The molecule has 16 heavy (non-hydrogen) atoms. The van der Waals surface area contributed by atoms with Crippen LogP contribution in [0.2, 0.25) is 0 Å². The topological polar surface area (TPSA) is 63.0 Å². The van der Waals surface area contributed by atoms with Crippen LogP contribution in [-0.4, -0.2) is 32.7 Å². The molecular formula is C11H18N4O. The summed E-state index contributed by atoms with van der Waals surface area (Å²) in [6.07, 6.45) is 8.79. The molecule has 0 aliphatic carbocycles. The number of hydrogen-bond acceptors (Lipinski definition) is 4. The normalized spacial score (nSPS) is 12.3. The molecule has 1 heterocycles. The predicted octanol–water partition coefficient (Wildman–Crippen LogP) is 0.162. The third-order valence-corrected chi connectivity index (χ3v) is 2.27. The number of aliphatic hydroxyl groups is 1. The van der Waals surface area contributed by atoms with Gasteiger partial charge >= 0.3 is 0 Å². The van der Waals surface area contributed by atoms with Gasteiger partial charge in [-0.1, -0.05) is 18.1 Å². The van der Waals surface area contributed by atoms with Crippen molar-refractivity contribution in [3.8, 4) is 12.3 Å². The van der Waals surface area contributed by atoms with Gasteiger partial charge in [-0.05, 0) is 12.8 Å². The lowest BCUT2D eigenvalue weighted by Crippen LogP contribution is -2.26. The van der Waals surface area contributed by atoms with E-state index >= 15 is 0 Å². The third kappa shape index (κ3) is 4.01. The van der Waals surface area contributed by atoms with E-state index in [1.807, 2.05) is 13.1 Å². The molecule has 0 amide bonds. The summed E-state index contributed by atoms with van der Waals surface area (Å²) in [7, 11) is 0. The second kappa shape index (κ2) is 6.99. The maximum atomic E-state index is 8.68. The van der Waals surface area contributed by atoms with Gasteiger partial charge in [0.1, 0.15) is 0 Å². The first-order valence-corrected chi connectivity index (χ1v) is 5.49. The molecule has 0 aliphatic rings. The Morgan fingerprint density at radius 1 is 1.69 bits per heavy atom. The number of aromatic nitrogens is 3. The number of rotatable bonds is 7. The van der Waals surface area contributed by atoms with Gasteiger partial charge < -0.3 is 5.11 Å². The molecule has 0 aromatic carbocycles. The van der Waals surface area contributed by atoms with Gasteiger partial charge in [-0.15, -0.1) is 11.5 Å². The first kappa shape index (κ1) is 12.7. The molecule has 0 spiro atoms. The minimum Gasteiger partial charge on any atom is -0.396 e. The maximum Gasteiger partial charge on any atom is 0.0965 e. The van der Waals surface area contributed by atoms with Gasteiger partial charge in [0.15, 0.2) is 0 Å². The van der Waals surface area contributed by atoms with Crippen LogP contribution in [-0.2, 0) is 13.1 Å². The van der Waals surface area contributed by atoms with Gasteiger partial charge in [0.05, 0.1) is 11.7 Å². The number of terminal acetylenes is 1. The first-order chi connectivity index (χ1) is 7.80. The van der Waals surface area contributed by atoms with Crippen molar-refractivity contribution >= 4 is 0 Å². The number of nitrogens with zero attached hydrogens (tertiary/aromatic N) is 3. The molecule has 0 saturated heterocycles. The van der Waals surface area contributed by atoms with Gasteiger partial charge in [-0.2, -0.15) is 0 Å². The Morgan fingerprint density at radius 2 is 2.50 bits per heavy atom. The maximum absolute atomic E-state index is 8.68. The molecule has 1 aromatic rings. The van der Waals surface area contributed by atoms with E-state index in [0.717, 1.165) is 12.1 Å². The summed E-state index contributed by atoms with van der Waals surface area (Å²) in [6.45, 7) is 3.52. The van der Waals surface area contributed by atoms with Crippen molar-refractivity contribution in [1.29, 1.82) is 0 Å². The average molecular weight is 222 g/mol. The van der Waals surface area contributed by atoms with E-state index in [4.69, 9.17) is 11.5 Å². The van der Waals surface area contributed by atoms with Crippen molar-refractivity contribution < 1.29 is 5.11 Å². The molecule has 5 heteroatoms. The summed E-state index contributed by atoms with van der Waals surface area (Å²) in [4.78, 5) is 0. The van der Waals surface area contributed by atoms with Crippen LogP contribution < -0.4 is 5.32 Å². The van der Waals surface area contributed by atoms with E-state index in [1.54, 1.807) is 4.68 Å². The molecule has 0 bridgehead atoms. The summed E-state index contributed by atoms with van der Waals surface area (Å²) in [5.74, 6) is 2.66. The van der Waals surface area contributed by atoms with E-state index in [0.29, 0.717) is 19.5 Å². The van der Waals surface area contributed by atoms with Crippen LogP contribution in [0, 0.1) is 12.3 Å². The second-order valence-electron chi connectivity index (χ2n) is 3.56. The highest BCUT2D eigenvalue weighted by Gasteiger charge is 2.04. The SMILES string of the molecule is C#CC(CC)NCc1cn(CCCO)nn1. The van der Waals surface area contributed by atoms with E-state index < -0.39 is 0 Å². The number of hydrogen-bond donors (Lipinski definition) is 2. The van der Waals surface area contributed by atoms with Crippen molar-refractivity contribution in [3.05, 3.63) is 11.9 Å². The molecule has 1 rings (SSSR count). The molecule has 0 radical (unpaired) electrons. The summed E-state index contributed by atoms with van der Waals surface area (Å²) in [5.41, 5.74) is 0.867. The quantitative estimate of drug-likeness (QED) is 0.645. The van der Waals surface area contributed by atoms with Gasteiger partial charge in [-0.3, -0.25) is 10.00 Å². The van der Waals surface area contributed by atoms with Crippen molar-refractivity contribution in [2.45, 2.75) is 38.9 Å². The molecule has 88 valence electrons. The largest absolute Gasteiger partial charge is 0.396 e. The highest BCUT2D eigenvalue weighted by molar-refractivity contribution is 5.00. The minimum atomic E-state index is 0.0857. The molecule has 1 atom stereocenters. The van der Waals surface area contributed by atoms with Crippen LogP contribution in [0.3, 0.4) is 0 Å². The highest BCUT2D eigenvalue weighted by Crippen LogP contribution is 1.96. The molecule has 0 aliphatic heterocycles. The lowest BCUT2D eigenvalue weighted by molar-refractivity contribution is 0.276. The molecule has 1 aromatic heterocycles. The Kier molecular flexibility index (Phi) is 5.54. The van der Waals surface area contributed by atoms with Crippen LogP contribution in [0.15, 0.2) is 6.20 Å². The van der Waals surface area contributed by atoms with Crippen molar-refractivity contribution in [2.75, 3.05) is 6.61 Å². The average Bonchev–Trinajstić information content (AvgIpc) is 2.76. The molecule has 5 nitrogen and oxygen atoms in total. The Bertz CT molecular complexity index is 342. The molecule has 0 saturated carbocycles. The van der Waals surface area contributed by atoms with Gasteiger partial charge in [0.2, 0.25) is 0 Å². The van der Waals surface area contributed by atoms with Crippen molar-refractivity contribution in [2.24, 2.45) is 0 Å². The van der Waals surface area contributed by atoms with Crippen molar-refractivity contribution in [3.63, 3.8) is 0 Å². The highest BCUT2D eigenvalue weighted by atomic mass is 16.3. The number of aryl methyl sites for hydroxylation is 1. The van der Waals surface area contributed by atoms with E-state index in [-0.39, 0.29) is 12.6 Å². The van der Waals surface area contributed by atoms with E-state index in [2.05, 4.69) is 21.5 Å². The van der Waals surface area contributed by atoms with Crippen LogP contribution in [0.25, 0.3) is 0 Å². The molecule has 1 unspecified atom stereocenters. The number of nitrogens with one attached hydrogen (secondary N) is 1. The van der Waals surface area contributed by atoms with Gasteiger partial charge in [-0.25, -0.2) is 0 Å². The zero-order chi connectivity index (χ0) is 11.8. The molecule has 2 N–H and O–H groups in total. The fourth-order valence-corrected chi connectivity index (χ4v) is 1.31. The Hall–Kier alpha value is -1.38. The summed E-state index contributed by atoms with van der Waals surface area (Å²) < 4.78 is 1.73. The summed E-state index contributed by atoms with van der Waals surface area (Å²) in [6, 6.07) is 0.0857. The first-order valence-electron chi connectivity index (χ1n) is 5.49. The standard InChI is InChI=1S/C11H18N4O/c1-3-10(4-2)12-8-11-9-15(14-13-11)6-5-7-16/h1,9-10,12,16H,4-8H2,2H3. The monoisotopic (exact) mass is 222 g/mol. The van der Waals surface area contributed by atoms with Gasteiger partial charge in [0.25, 0.3) is 0 Å². The summed E-state index contributed by atoms with van der Waals surface area (Å²) in [5, 5.41) is 19.8. The third-order valence-electron chi connectivity index (χ3n) is 2.27. The zero-order valence-electron chi connectivity index (χ0n) is 9.56. The predicted molar refractivity (Wildman–Crippen MR) is 61.5 cm³/mol.